The van der Waals surface area contributed by atoms with Crippen LogP contribution in [-0.2, 0) is 11.8 Å². The predicted octanol–water partition coefficient (Wildman–Crippen LogP) is 1.50. The van der Waals surface area contributed by atoms with Crippen molar-refractivity contribution in [2.24, 2.45) is 12.9 Å². The fourth-order valence-electron chi connectivity index (χ4n) is 1.63. The lowest BCUT2D eigenvalue weighted by Gasteiger charge is -2.18. The van der Waals surface area contributed by atoms with Gasteiger partial charge in [0.1, 0.15) is 0 Å². The number of nitrogens with two attached hydrogens (primary N) is 1. The summed E-state index contributed by atoms with van der Waals surface area (Å²) in [7, 11) is 3.62. The SMILES string of the molecule is COC(C)CCC(NN)c1c(Br)cnn1C. The molecule has 0 aromatic carbocycles. The quantitative estimate of drug-likeness (QED) is 0.616. The smallest absolute Gasteiger partial charge is 0.0705 e. The van der Waals surface area contributed by atoms with Crippen LogP contribution in [-0.4, -0.2) is 23.0 Å². The first-order valence-corrected chi connectivity index (χ1v) is 6.05. The Morgan fingerprint density at radius 2 is 2.31 bits per heavy atom. The zero-order chi connectivity index (χ0) is 12.1. The van der Waals surface area contributed by atoms with Crippen LogP contribution >= 0.6 is 15.9 Å². The molecule has 5 nitrogen and oxygen atoms in total. The third kappa shape index (κ3) is 3.28. The molecule has 16 heavy (non-hydrogen) atoms. The lowest BCUT2D eigenvalue weighted by atomic mass is 10.1. The van der Waals surface area contributed by atoms with Crippen LogP contribution in [0.2, 0.25) is 0 Å². The minimum absolute atomic E-state index is 0.0828. The van der Waals surface area contributed by atoms with Crippen LogP contribution in [0.15, 0.2) is 10.7 Å². The summed E-state index contributed by atoms with van der Waals surface area (Å²) in [6, 6.07) is 0.0828. The highest BCUT2D eigenvalue weighted by Crippen LogP contribution is 2.25. The highest BCUT2D eigenvalue weighted by Gasteiger charge is 2.18. The van der Waals surface area contributed by atoms with Gasteiger partial charge in [0.15, 0.2) is 0 Å². The summed E-state index contributed by atoms with van der Waals surface area (Å²) < 4.78 is 8.02. The van der Waals surface area contributed by atoms with Crippen molar-refractivity contribution >= 4 is 15.9 Å². The molecule has 0 radical (unpaired) electrons. The number of rotatable bonds is 6. The maximum Gasteiger partial charge on any atom is 0.0705 e. The van der Waals surface area contributed by atoms with E-state index in [-0.39, 0.29) is 12.1 Å². The van der Waals surface area contributed by atoms with Gasteiger partial charge in [-0.2, -0.15) is 5.10 Å². The summed E-state index contributed by atoms with van der Waals surface area (Å²) in [5.41, 5.74) is 3.88. The molecule has 2 atom stereocenters. The molecule has 1 heterocycles. The highest BCUT2D eigenvalue weighted by molar-refractivity contribution is 9.10. The molecular weight excluding hydrogens is 272 g/mol. The molecule has 1 aromatic rings. The summed E-state index contributed by atoms with van der Waals surface area (Å²) in [5.74, 6) is 5.58. The van der Waals surface area contributed by atoms with Crippen LogP contribution in [0.4, 0.5) is 0 Å². The Labute approximate surface area is 104 Å². The van der Waals surface area contributed by atoms with E-state index in [0.717, 1.165) is 23.0 Å². The van der Waals surface area contributed by atoms with E-state index in [1.807, 2.05) is 18.7 Å². The van der Waals surface area contributed by atoms with Crippen molar-refractivity contribution in [2.45, 2.75) is 31.9 Å². The van der Waals surface area contributed by atoms with Crippen LogP contribution in [0.5, 0.6) is 0 Å². The second kappa shape index (κ2) is 6.34. The van der Waals surface area contributed by atoms with Gasteiger partial charge in [-0.3, -0.25) is 16.0 Å². The van der Waals surface area contributed by atoms with Crippen molar-refractivity contribution in [1.82, 2.24) is 15.2 Å². The number of nitrogens with one attached hydrogen (secondary N) is 1. The van der Waals surface area contributed by atoms with Crippen LogP contribution < -0.4 is 11.3 Å². The Morgan fingerprint density at radius 3 is 2.75 bits per heavy atom. The molecule has 0 spiro atoms. The molecule has 92 valence electrons. The summed E-state index contributed by atoms with van der Waals surface area (Å²) in [5, 5.41) is 4.18. The van der Waals surface area contributed by atoms with E-state index in [9.17, 15) is 0 Å². The number of hydrogen-bond acceptors (Lipinski definition) is 4. The third-order valence-corrected chi connectivity index (χ3v) is 3.34. The molecule has 3 N–H and O–H groups in total. The van der Waals surface area contributed by atoms with Crippen molar-refractivity contribution in [2.75, 3.05) is 7.11 Å². The van der Waals surface area contributed by atoms with Crippen molar-refractivity contribution in [3.63, 3.8) is 0 Å². The van der Waals surface area contributed by atoms with E-state index >= 15 is 0 Å². The Bertz CT molecular complexity index is 309. The van der Waals surface area contributed by atoms with Gasteiger partial charge >= 0.3 is 0 Å². The molecule has 0 fully saturated rings. The fourth-order valence-corrected chi connectivity index (χ4v) is 2.25. The van der Waals surface area contributed by atoms with Crippen molar-refractivity contribution in [3.8, 4) is 0 Å². The summed E-state index contributed by atoms with van der Waals surface area (Å²) in [4.78, 5) is 0. The lowest BCUT2D eigenvalue weighted by molar-refractivity contribution is 0.105. The van der Waals surface area contributed by atoms with Gasteiger partial charge in [0, 0.05) is 14.2 Å². The highest BCUT2D eigenvalue weighted by atomic mass is 79.9. The van der Waals surface area contributed by atoms with E-state index in [1.165, 1.54) is 0 Å². The zero-order valence-electron chi connectivity index (χ0n) is 9.90. The number of hydrogen-bond donors (Lipinski definition) is 2. The normalized spacial score (nSPS) is 15.1. The predicted molar refractivity (Wildman–Crippen MR) is 66.7 cm³/mol. The second-order valence-corrected chi connectivity index (χ2v) is 4.70. The maximum absolute atomic E-state index is 5.58. The Morgan fingerprint density at radius 1 is 1.62 bits per heavy atom. The first kappa shape index (κ1) is 13.6. The monoisotopic (exact) mass is 290 g/mol. The Kier molecular flexibility index (Phi) is 5.40. The molecule has 0 aliphatic rings. The van der Waals surface area contributed by atoms with Crippen molar-refractivity contribution in [3.05, 3.63) is 16.4 Å². The molecule has 0 aliphatic heterocycles. The van der Waals surface area contributed by atoms with E-state index < -0.39 is 0 Å². The maximum atomic E-state index is 5.58. The first-order chi connectivity index (χ1) is 7.60. The molecule has 2 unspecified atom stereocenters. The van der Waals surface area contributed by atoms with E-state index in [1.54, 1.807) is 13.3 Å². The summed E-state index contributed by atoms with van der Waals surface area (Å²) in [6.07, 6.45) is 3.87. The number of aromatic nitrogens is 2. The molecule has 6 heteroatoms. The van der Waals surface area contributed by atoms with Gasteiger partial charge in [-0.1, -0.05) is 0 Å². The number of halogens is 1. The van der Waals surface area contributed by atoms with Crippen molar-refractivity contribution < 1.29 is 4.74 Å². The van der Waals surface area contributed by atoms with E-state index in [2.05, 4.69) is 26.5 Å². The van der Waals surface area contributed by atoms with Crippen LogP contribution in [0.3, 0.4) is 0 Å². The average Bonchev–Trinajstić information content (AvgIpc) is 2.61. The molecule has 0 saturated heterocycles. The van der Waals surface area contributed by atoms with Crippen LogP contribution in [0.25, 0.3) is 0 Å². The van der Waals surface area contributed by atoms with Crippen molar-refractivity contribution in [1.29, 1.82) is 0 Å². The van der Waals surface area contributed by atoms with Gasteiger partial charge in [0.25, 0.3) is 0 Å². The minimum Gasteiger partial charge on any atom is -0.382 e. The molecule has 0 saturated carbocycles. The molecule has 1 rings (SSSR count). The van der Waals surface area contributed by atoms with Gasteiger partial charge in [-0.25, -0.2) is 0 Å². The number of ether oxygens (including phenoxy) is 1. The number of nitrogens with zero attached hydrogens (tertiary/aromatic N) is 2. The van der Waals surface area contributed by atoms with Gasteiger partial charge in [-0.15, -0.1) is 0 Å². The summed E-state index contributed by atoms with van der Waals surface area (Å²) in [6.45, 7) is 2.05. The third-order valence-electron chi connectivity index (χ3n) is 2.73. The van der Waals surface area contributed by atoms with Gasteiger partial charge in [-0.05, 0) is 35.7 Å². The van der Waals surface area contributed by atoms with Crippen LogP contribution in [0, 0.1) is 0 Å². The number of aryl methyl sites for hydroxylation is 1. The molecular formula is C10H19BrN4O. The number of hydrazine groups is 1. The standard InChI is InChI=1S/C10H19BrN4O/c1-7(16-3)4-5-9(14-12)10-8(11)6-13-15(10)2/h6-7,9,14H,4-5,12H2,1-3H3. The van der Waals surface area contributed by atoms with Gasteiger partial charge in [0.05, 0.1) is 28.5 Å². The van der Waals surface area contributed by atoms with Gasteiger partial charge < -0.3 is 4.74 Å². The summed E-state index contributed by atoms with van der Waals surface area (Å²) >= 11 is 3.47. The fraction of sp³-hybridized carbons (Fsp3) is 0.700. The number of methoxy groups -OCH3 is 1. The zero-order valence-corrected chi connectivity index (χ0v) is 11.5. The Hall–Kier alpha value is -0.430. The molecule has 0 amide bonds. The molecule has 0 aliphatic carbocycles. The second-order valence-electron chi connectivity index (χ2n) is 3.84. The van der Waals surface area contributed by atoms with Gasteiger partial charge in [0.2, 0.25) is 0 Å². The first-order valence-electron chi connectivity index (χ1n) is 5.26. The van der Waals surface area contributed by atoms with E-state index in [4.69, 9.17) is 10.6 Å². The van der Waals surface area contributed by atoms with Crippen LogP contribution in [0.1, 0.15) is 31.5 Å². The average molecular weight is 291 g/mol. The molecule has 0 bridgehead atoms. The Balaban J connectivity index is 2.67. The topological polar surface area (TPSA) is 65.1 Å². The molecule has 1 aromatic heterocycles. The van der Waals surface area contributed by atoms with E-state index in [0.29, 0.717) is 0 Å². The lowest BCUT2D eigenvalue weighted by Crippen LogP contribution is -2.30. The largest absolute Gasteiger partial charge is 0.382 e. The minimum atomic E-state index is 0.0828.